The molecule has 0 aliphatic carbocycles. The zero-order chi connectivity index (χ0) is 11.5. The van der Waals surface area contributed by atoms with E-state index in [1.165, 1.54) is 5.56 Å². The van der Waals surface area contributed by atoms with Crippen LogP contribution in [0.15, 0.2) is 24.3 Å². The van der Waals surface area contributed by atoms with Crippen LogP contribution in [0.1, 0.15) is 12.5 Å². The summed E-state index contributed by atoms with van der Waals surface area (Å²) in [6.07, 6.45) is 0. The zero-order valence-electron chi connectivity index (χ0n) is 9.44. The van der Waals surface area contributed by atoms with E-state index < -0.39 is 0 Å². The lowest BCUT2D eigenvalue weighted by Gasteiger charge is -2.32. The third kappa shape index (κ3) is 2.33. The summed E-state index contributed by atoms with van der Waals surface area (Å²) in [4.78, 5) is 13.6. The summed E-state index contributed by atoms with van der Waals surface area (Å²) < 4.78 is 0. The van der Waals surface area contributed by atoms with Gasteiger partial charge >= 0.3 is 0 Å². The number of benzene rings is 1. The lowest BCUT2D eigenvalue weighted by Crippen LogP contribution is -2.53. The first-order chi connectivity index (χ1) is 7.66. The number of nitrogens with one attached hydrogen (secondary N) is 1. The lowest BCUT2D eigenvalue weighted by atomic mass is 10.1. The molecular formula is C12H17N3O. The van der Waals surface area contributed by atoms with Gasteiger partial charge in [-0.1, -0.05) is 12.1 Å². The van der Waals surface area contributed by atoms with Gasteiger partial charge in [-0.2, -0.15) is 0 Å². The van der Waals surface area contributed by atoms with Crippen molar-refractivity contribution in [3.8, 4) is 0 Å². The van der Waals surface area contributed by atoms with Crippen LogP contribution in [0.4, 0.5) is 5.69 Å². The van der Waals surface area contributed by atoms with Crippen LogP contribution in [0.2, 0.25) is 0 Å². The third-order valence-electron chi connectivity index (χ3n) is 2.99. The van der Waals surface area contributed by atoms with Gasteiger partial charge in [0.1, 0.15) is 0 Å². The molecule has 0 spiro atoms. The summed E-state index contributed by atoms with van der Waals surface area (Å²) in [5, 5.41) is 2.86. The second-order valence-electron chi connectivity index (χ2n) is 4.18. The number of nitrogens with two attached hydrogens (primary N) is 1. The highest BCUT2D eigenvalue weighted by atomic mass is 16.2. The summed E-state index contributed by atoms with van der Waals surface area (Å²) in [7, 11) is 0. The van der Waals surface area contributed by atoms with Crippen LogP contribution in [0.25, 0.3) is 0 Å². The molecule has 1 aromatic rings. The molecule has 1 heterocycles. The zero-order valence-corrected chi connectivity index (χ0v) is 9.44. The normalized spacial score (nSPS) is 21.8. The monoisotopic (exact) mass is 219 g/mol. The van der Waals surface area contributed by atoms with Gasteiger partial charge in [-0.05, 0) is 24.6 Å². The van der Waals surface area contributed by atoms with Crippen LogP contribution in [0.5, 0.6) is 0 Å². The Morgan fingerprint density at radius 1 is 1.44 bits per heavy atom. The Balaban J connectivity index is 2.03. The first kappa shape index (κ1) is 11.0. The van der Waals surface area contributed by atoms with Crippen molar-refractivity contribution in [1.82, 2.24) is 10.2 Å². The predicted octanol–water partition coefficient (Wildman–Crippen LogP) is 0.589. The minimum atomic E-state index is -0.0497. The maximum absolute atomic E-state index is 11.5. The van der Waals surface area contributed by atoms with Gasteiger partial charge in [-0.3, -0.25) is 9.69 Å². The molecule has 1 amide bonds. The van der Waals surface area contributed by atoms with Crippen molar-refractivity contribution in [2.45, 2.75) is 19.5 Å². The van der Waals surface area contributed by atoms with E-state index in [2.05, 4.69) is 10.2 Å². The number of nitrogens with zero attached hydrogens (tertiary/aromatic N) is 1. The van der Waals surface area contributed by atoms with Crippen molar-refractivity contribution < 1.29 is 4.79 Å². The molecule has 0 bridgehead atoms. The molecule has 1 atom stereocenters. The number of anilines is 1. The van der Waals surface area contributed by atoms with Gasteiger partial charge in [-0.25, -0.2) is 0 Å². The second kappa shape index (κ2) is 4.53. The highest BCUT2D eigenvalue weighted by Crippen LogP contribution is 2.12. The summed E-state index contributed by atoms with van der Waals surface area (Å²) in [5.74, 6) is 0.113. The topological polar surface area (TPSA) is 58.4 Å². The number of hydrogen-bond donors (Lipinski definition) is 2. The Labute approximate surface area is 95.4 Å². The molecule has 1 saturated heterocycles. The van der Waals surface area contributed by atoms with Crippen LogP contribution in [-0.2, 0) is 11.3 Å². The number of amides is 1. The van der Waals surface area contributed by atoms with Crippen molar-refractivity contribution in [1.29, 1.82) is 0 Å². The Kier molecular flexibility index (Phi) is 3.10. The van der Waals surface area contributed by atoms with Crippen molar-refractivity contribution in [3.05, 3.63) is 29.8 Å². The summed E-state index contributed by atoms with van der Waals surface area (Å²) in [5.41, 5.74) is 7.59. The third-order valence-corrected chi connectivity index (χ3v) is 2.99. The van der Waals surface area contributed by atoms with E-state index in [0.717, 1.165) is 25.3 Å². The molecule has 1 aromatic carbocycles. The maximum Gasteiger partial charge on any atom is 0.237 e. The van der Waals surface area contributed by atoms with Gasteiger partial charge in [0.2, 0.25) is 5.91 Å². The number of carbonyl (C=O) groups excluding carboxylic acids is 1. The molecule has 86 valence electrons. The summed E-state index contributed by atoms with van der Waals surface area (Å²) in [6, 6.07) is 7.75. The van der Waals surface area contributed by atoms with Crippen LogP contribution in [0, 0.1) is 0 Å². The van der Waals surface area contributed by atoms with Crippen molar-refractivity contribution >= 4 is 11.6 Å². The SMILES string of the molecule is CC1C(=O)NCCN1Cc1ccc(N)cc1. The fourth-order valence-electron chi connectivity index (χ4n) is 1.90. The molecule has 0 saturated carbocycles. The summed E-state index contributed by atoms with van der Waals surface area (Å²) in [6.45, 7) is 4.37. The van der Waals surface area contributed by atoms with Crippen LogP contribution >= 0.6 is 0 Å². The van der Waals surface area contributed by atoms with Gasteiger partial charge < -0.3 is 11.1 Å². The van der Waals surface area contributed by atoms with Crippen LogP contribution < -0.4 is 11.1 Å². The van der Waals surface area contributed by atoms with E-state index >= 15 is 0 Å². The van der Waals surface area contributed by atoms with E-state index in [9.17, 15) is 4.79 Å². The molecule has 1 unspecified atom stereocenters. The van der Waals surface area contributed by atoms with E-state index in [0.29, 0.717) is 0 Å². The van der Waals surface area contributed by atoms with Gasteiger partial charge in [0.05, 0.1) is 6.04 Å². The predicted molar refractivity (Wildman–Crippen MR) is 63.7 cm³/mol. The highest BCUT2D eigenvalue weighted by Gasteiger charge is 2.24. The van der Waals surface area contributed by atoms with Crippen molar-refractivity contribution in [2.24, 2.45) is 0 Å². The molecule has 3 N–H and O–H groups in total. The quantitative estimate of drug-likeness (QED) is 0.716. The first-order valence-corrected chi connectivity index (χ1v) is 5.53. The molecule has 1 aliphatic rings. The average Bonchev–Trinajstić information content (AvgIpc) is 2.28. The number of piperazine rings is 1. The van der Waals surface area contributed by atoms with Crippen LogP contribution in [0.3, 0.4) is 0 Å². The maximum atomic E-state index is 11.5. The molecule has 1 aliphatic heterocycles. The number of nitrogen functional groups attached to an aromatic ring is 1. The average molecular weight is 219 g/mol. The number of hydrogen-bond acceptors (Lipinski definition) is 3. The van der Waals surface area contributed by atoms with Gasteiger partial charge in [0.15, 0.2) is 0 Å². The Bertz CT molecular complexity index is 374. The molecular weight excluding hydrogens is 202 g/mol. The van der Waals surface area contributed by atoms with Crippen LogP contribution in [-0.4, -0.2) is 29.9 Å². The fraction of sp³-hybridized carbons (Fsp3) is 0.417. The van der Waals surface area contributed by atoms with E-state index in [-0.39, 0.29) is 11.9 Å². The van der Waals surface area contributed by atoms with E-state index in [1.807, 2.05) is 31.2 Å². The molecule has 0 aromatic heterocycles. The molecule has 2 rings (SSSR count). The first-order valence-electron chi connectivity index (χ1n) is 5.53. The molecule has 16 heavy (non-hydrogen) atoms. The highest BCUT2D eigenvalue weighted by molar-refractivity contribution is 5.81. The largest absolute Gasteiger partial charge is 0.399 e. The lowest BCUT2D eigenvalue weighted by molar-refractivity contribution is -0.128. The number of rotatable bonds is 2. The fourth-order valence-corrected chi connectivity index (χ4v) is 1.90. The van der Waals surface area contributed by atoms with Gasteiger partial charge in [-0.15, -0.1) is 0 Å². The molecule has 4 nitrogen and oxygen atoms in total. The van der Waals surface area contributed by atoms with Gasteiger partial charge in [0, 0.05) is 25.3 Å². The minimum Gasteiger partial charge on any atom is -0.399 e. The van der Waals surface area contributed by atoms with E-state index in [4.69, 9.17) is 5.73 Å². The Morgan fingerprint density at radius 2 is 2.12 bits per heavy atom. The van der Waals surface area contributed by atoms with Gasteiger partial charge in [0.25, 0.3) is 0 Å². The number of carbonyl (C=O) groups is 1. The molecule has 0 radical (unpaired) electrons. The standard InChI is InChI=1S/C12H17N3O/c1-9-12(16)14-6-7-15(9)8-10-2-4-11(13)5-3-10/h2-5,9H,6-8,13H2,1H3,(H,14,16). The molecule has 4 heteroatoms. The second-order valence-corrected chi connectivity index (χ2v) is 4.18. The molecule has 1 fully saturated rings. The minimum absolute atomic E-state index is 0.0497. The van der Waals surface area contributed by atoms with Crippen molar-refractivity contribution in [2.75, 3.05) is 18.8 Å². The Morgan fingerprint density at radius 3 is 2.81 bits per heavy atom. The smallest absolute Gasteiger partial charge is 0.237 e. The summed E-state index contributed by atoms with van der Waals surface area (Å²) >= 11 is 0. The Hall–Kier alpha value is -1.55. The van der Waals surface area contributed by atoms with E-state index in [1.54, 1.807) is 0 Å². The van der Waals surface area contributed by atoms with Crippen molar-refractivity contribution in [3.63, 3.8) is 0 Å².